The monoisotopic (exact) mass is 275 g/mol. The number of fused-ring (bicyclic) bond motifs is 1. The first-order valence-corrected chi connectivity index (χ1v) is 6.81. The van der Waals surface area contributed by atoms with Gasteiger partial charge in [0.25, 0.3) is 0 Å². The van der Waals surface area contributed by atoms with E-state index in [0.717, 1.165) is 10.9 Å². The summed E-state index contributed by atoms with van der Waals surface area (Å²) in [6, 6.07) is 7.68. The van der Waals surface area contributed by atoms with Crippen molar-refractivity contribution in [3.63, 3.8) is 0 Å². The molecule has 0 amide bonds. The topological polar surface area (TPSA) is 96.1 Å². The van der Waals surface area contributed by atoms with Crippen LogP contribution in [0.5, 0.6) is 0 Å². The SMILES string of the molecule is CCC(O)(CC)CNc1nc(NN)nc2ccccc12. The van der Waals surface area contributed by atoms with Crippen LogP contribution in [0.3, 0.4) is 0 Å². The van der Waals surface area contributed by atoms with E-state index in [0.29, 0.717) is 31.2 Å². The van der Waals surface area contributed by atoms with Crippen LogP contribution < -0.4 is 16.6 Å². The number of anilines is 2. The van der Waals surface area contributed by atoms with Gasteiger partial charge in [-0.25, -0.2) is 10.8 Å². The molecule has 0 saturated carbocycles. The molecule has 1 aromatic heterocycles. The van der Waals surface area contributed by atoms with E-state index in [-0.39, 0.29) is 0 Å². The number of hydrogen-bond donors (Lipinski definition) is 4. The fourth-order valence-electron chi connectivity index (χ4n) is 2.02. The van der Waals surface area contributed by atoms with Crippen LogP contribution >= 0.6 is 0 Å². The van der Waals surface area contributed by atoms with Crippen molar-refractivity contribution in [2.45, 2.75) is 32.3 Å². The molecule has 0 aliphatic carbocycles. The Labute approximate surface area is 118 Å². The highest BCUT2D eigenvalue weighted by atomic mass is 16.3. The number of nitrogens with one attached hydrogen (secondary N) is 2. The lowest BCUT2D eigenvalue weighted by atomic mass is 9.97. The molecule has 0 fully saturated rings. The van der Waals surface area contributed by atoms with E-state index >= 15 is 0 Å². The van der Waals surface area contributed by atoms with Gasteiger partial charge >= 0.3 is 0 Å². The Hall–Kier alpha value is -1.92. The fourth-order valence-corrected chi connectivity index (χ4v) is 2.02. The van der Waals surface area contributed by atoms with E-state index in [1.807, 2.05) is 38.1 Å². The van der Waals surface area contributed by atoms with Gasteiger partial charge < -0.3 is 10.4 Å². The molecule has 2 rings (SSSR count). The van der Waals surface area contributed by atoms with Crippen molar-refractivity contribution in [3.05, 3.63) is 24.3 Å². The number of hydrazine groups is 1. The Balaban J connectivity index is 2.33. The minimum atomic E-state index is -0.734. The third-order valence-corrected chi connectivity index (χ3v) is 3.63. The van der Waals surface area contributed by atoms with Crippen LogP contribution in [0.15, 0.2) is 24.3 Å². The van der Waals surface area contributed by atoms with Gasteiger partial charge in [-0.1, -0.05) is 26.0 Å². The lowest BCUT2D eigenvalue weighted by molar-refractivity contribution is 0.0456. The predicted molar refractivity (Wildman–Crippen MR) is 81.4 cm³/mol. The number of hydrogen-bond acceptors (Lipinski definition) is 6. The normalized spacial score (nSPS) is 11.6. The van der Waals surface area contributed by atoms with E-state index in [2.05, 4.69) is 20.7 Å². The van der Waals surface area contributed by atoms with Crippen LogP contribution in [-0.4, -0.2) is 27.2 Å². The van der Waals surface area contributed by atoms with Gasteiger partial charge in [-0.05, 0) is 25.0 Å². The first kappa shape index (κ1) is 14.5. The van der Waals surface area contributed by atoms with Crippen molar-refractivity contribution in [2.75, 3.05) is 17.3 Å². The number of aromatic nitrogens is 2. The average molecular weight is 275 g/mol. The lowest BCUT2D eigenvalue weighted by Crippen LogP contribution is -2.35. The highest BCUT2D eigenvalue weighted by molar-refractivity contribution is 5.89. The maximum absolute atomic E-state index is 10.3. The largest absolute Gasteiger partial charge is 0.388 e. The molecule has 5 N–H and O–H groups in total. The van der Waals surface area contributed by atoms with E-state index < -0.39 is 5.60 Å². The van der Waals surface area contributed by atoms with Crippen molar-refractivity contribution in [1.82, 2.24) is 9.97 Å². The molecule has 20 heavy (non-hydrogen) atoms. The number of rotatable bonds is 6. The molecule has 0 radical (unpaired) electrons. The number of nitrogen functional groups attached to an aromatic ring is 1. The van der Waals surface area contributed by atoms with Crippen LogP contribution in [0.25, 0.3) is 10.9 Å². The standard InChI is InChI=1S/C14H21N5O/c1-3-14(20,4-2)9-16-12-10-7-5-6-8-11(10)17-13(18-12)19-15/h5-8,20H,3-4,9,15H2,1-2H3,(H2,16,17,18,19). The van der Waals surface area contributed by atoms with Gasteiger partial charge in [0.2, 0.25) is 5.95 Å². The minimum Gasteiger partial charge on any atom is -0.388 e. The highest BCUT2D eigenvalue weighted by Crippen LogP contribution is 2.23. The second-order valence-corrected chi connectivity index (χ2v) is 4.84. The zero-order valence-corrected chi connectivity index (χ0v) is 11.8. The van der Waals surface area contributed by atoms with Crippen molar-refractivity contribution in [3.8, 4) is 0 Å². The van der Waals surface area contributed by atoms with E-state index in [9.17, 15) is 5.11 Å². The number of nitrogens with zero attached hydrogens (tertiary/aromatic N) is 2. The molecule has 6 nitrogen and oxygen atoms in total. The molecule has 0 spiro atoms. The summed E-state index contributed by atoms with van der Waals surface area (Å²) < 4.78 is 0. The summed E-state index contributed by atoms with van der Waals surface area (Å²) in [7, 11) is 0. The summed E-state index contributed by atoms with van der Waals surface area (Å²) in [5, 5.41) is 14.5. The quantitative estimate of drug-likeness (QED) is 0.475. The minimum absolute atomic E-state index is 0.350. The molecule has 2 aromatic rings. The molecule has 0 aliphatic heterocycles. The van der Waals surface area contributed by atoms with Crippen molar-refractivity contribution in [1.29, 1.82) is 0 Å². The molecular formula is C14H21N5O. The maximum Gasteiger partial charge on any atom is 0.239 e. The van der Waals surface area contributed by atoms with E-state index in [1.54, 1.807) is 0 Å². The number of benzene rings is 1. The lowest BCUT2D eigenvalue weighted by Gasteiger charge is -2.26. The van der Waals surface area contributed by atoms with Crippen LogP contribution in [0.4, 0.5) is 11.8 Å². The number of para-hydroxylation sites is 1. The Morgan fingerprint density at radius 3 is 2.55 bits per heavy atom. The van der Waals surface area contributed by atoms with Crippen LogP contribution in [0.2, 0.25) is 0 Å². The molecular weight excluding hydrogens is 254 g/mol. The predicted octanol–water partition coefficient (Wildman–Crippen LogP) is 1.88. The summed E-state index contributed by atoms with van der Waals surface area (Å²) in [6.07, 6.45) is 1.36. The Bertz CT molecular complexity index is 583. The zero-order valence-electron chi connectivity index (χ0n) is 11.8. The van der Waals surface area contributed by atoms with E-state index in [4.69, 9.17) is 5.84 Å². The molecule has 0 bridgehead atoms. The highest BCUT2D eigenvalue weighted by Gasteiger charge is 2.22. The van der Waals surface area contributed by atoms with Crippen LogP contribution in [-0.2, 0) is 0 Å². The summed E-state index contributed by atoms with van der Waals surface area (Å²) >= 11 is 0. The van der Waals surface area contributed by atoms with Gasteiger partial charge in [-0.2, -0.15) is 4.98 Å². The van der Waals surface area contributed by atoms with Crippen LogP contribution in [0.1, 0.15) is 26.7 Å². The molecule has 6 heteroatoms. The van der Waals surface area contributed by atoms with Gasteiger partial charge in [-0.3, -0.25) is 5.43 Å². The summed E-state index contributed by atoms with van der Waals surface area (Å²) in [6.45, 7) is 4.37. The summed E-state index contributed by atoms with van der Waals surface area (Å²) in [5.74, 6) is 6.41. The van der Waals surface area contributed by atoms with Gasteiger partial charge in [-0.15, -0.1) is 0 Å². The molecule has 0 unspecified atom stereocenters. The number of aliphatic hydroxyl groups is 1. The molecule has 0 saturated heterocycles. The van der Waals surface area contributed by atoms with Crippen molar-refractivity contribution < 1.29 is 5.11 Å². The van der Waals surface area contributed by atoms with Crippen molar-refractivity contribution >= 4 is 22.7 Å². The Morgan fingerprint density at radius 1 is 1.20 bits per heavy atom. The Kier molecular flexibility index (Phi) is 4.36. The Morgan fingerprint density at radius 2 is 1.90 bits per heavy atom. The molecule has 1 heterocycles. The second-order valence-electron chi connectivity index (χ2n) is 4.84. The van der Waals surface area contributed by atoms with Gasteiger partial charge in [0, 0.05) is 11.9 Å². The molecule has 108 valence electrons. The molecule has 0 aliphatic rings. The first-order valence-electron chi connectivity index (χ1n) is 6.81. The number of nitrogens with two attached hydrogens (primary N) is 1. The van der Waals surface area contributed by atoms with Gasteiger partial charge in [0.15, 0.2) is 0 Å². The zero-order chi connectivity index (χ0) is 14.6. The molecule has 0 atom stereocenters. The van der Waals surface area contributed by atoms with Gasteiger partial charge in [0.05, 0.1) is 11.1 Å². The third-order valence-electron chi connectivity index (χ3n) is 3.63. The van der Waals surface area contributed by atoms with Crippen molar-refractivity contribution in [2.24, 2.45) is 5.84 Å². The fraction of sp³-hybridized carbons (Fsp3) is 0.429. The summed E-state index contributed by atoms with van der Waals surface area (Å²) in [5.41, 5.74) is 2.53. The second kappa shape index (κ2) is 6.02. The summed E-state index contributed by atoms with van der Waals surface area (Å²) in [4.78, 5) is 8.61. The smallest absolute Gasteiger partial charge is 0.239 e. The average Bonchev–Trinajstić information content (AvgIpc) is 2.51. The van der Waals surface area contributed by atoms with E-state index in [1.165, 1.54) is 0 Å². The van der Waals surface area contributed by atoms with Crippen LogP contribution in [0, 0.1) is 0 Å². The maximum atomic E-state index is 10.3. The molecule has 1 aromatic carbocycles. The third kappa shape index (κ3) is 2.97. The van der Waals surface area contributed by atoms with Gasteiger partial charge in [0.1, 0.15) is 5.82 Å². The first-order chi connectivity index (χ1) is 9.61.